The average Bonchev–Trinajstić information content (AvgIpc) is 2.97. The molecule has 0 aromatic heterocycles. The van der Waals surface area contributed by atoms with Crippen LogP contribution in [0, 0.1) is 5.92 Å². The Kier molecular flexibility index (Phi) is 17.3. The number of hydrogen-bond acceptors (Lipinski definition) is 12. The number of carbonyl (C=O) groups excluding carboxylic acids is 1. The van der Waals surface area contributed by atoms with Crippen LogP contribution in [0.1, 0.15) is 104 Å². The molecule has 0 aromatic carbocycles. The Morgan fingerprint density at radius 1 is 0.667 bits per heavy atom. The number of carbonyl (C=O) groups is 1. The lowest BCUT2D eigenvalue weighted by Crippen LogP contribution is -2.67. The number of esters is 1. The highest BCUT2D eigenvalue weighted by Crippen LogP contribution is 2.31. The molecular formula is C30H56O12. The summed E-state index contributed by atoms with van der Waals surface area (Å²) >= 11 is 0. The second kappa shape index (κ2) is 19.5. The van der Waals surface area contributed by atoms with E-state index in [4.69, 9.17) is 14.2 Å². The molecule has 42 heavy (non-hydrogen) atoms. The molecule has 1 saturated carbocycles. The van der Waals surface area contributed by atoms with Gasteiger partial charge in [-0.15, -0.1) is 0 Å². The molecule has 1 heterocycles. The van der Waals surface area contributed by atoms with Crippen molar-refractivity contribution in [3.8, 4) is 0 Å². The minimum absolute atomic E-state index is 0.0269. The SMILES string of the molecule is CCCCCCCC[C@H](C)CCCCCCCC(=O)O[C@H]1[C@@H](O)[C@@H](O)[C@@H](O)[C@@H](O)[C@H]1O[C@@H]1O[C@H](CO)[C@@H](O)[C@H](O)[C@H]1O. The van der Waals surface area contributed by atoms with Gasteiger partial charge in [0.2, 0.25) is 0 Å². The van der Waals surface area contributed by atoms with Crippen molar-refractivity contribution in [3.63, 3.8) is 0 Å². The molecule has 8 N–H and O–H groups in total. The van der Waals surface area contributed by atoms with Crippen LogP contribution in [-0.4, -0.2) is 121 Å². The summed E-state index contributed by atoms with van der Waals surface area (Å²) in [4.78, 5) is 12.6. The first kappa shape index (κ1) is 37.3. The van der Waals surface area contributed by atoms with E-state index >= 15 is 0 Å². The normalized spacial score (nSPS) is 36.1. The summed E-state index contributed by atoms with van der Waals surface area (Å²) in [7, 11) is 0. The molecule has 0 spiro atoms. The summed E-state index contributed by atoms with van der Waals surface area (Å²) < 4.78 is 16.2. The first-order valence-electron chi connectivity index (χ1n) is 15.9. The fourth-order valence-corrected chi connectivity index (χ4v) is 5.73. The zero-order chi connectivity index (χ0) is 31.2. The van der Waals surface area contributed by atoms with Crippen LogP contribution in [0.2, 0.25) is 0 Å². The average molecular weight is 609 g/mol. The van der Waals surface area contributed by atoms with E-state index in [1.165, 1.54) is 51.4 Å². The topological polar surface area (TPSA) is 207 Å². The van der Waals surface area contributed by atoms with Crippen molar-refractivity contribution in [1.29, 1.82) is 0 Å². The van der Waals surface area contributed by atoms with E-state index in [2.05, 4.69) is 13.8 Å². The number of hydrogen-bond donors (Lipinski definition) is 8. The molecule has 248 valence electrons. The Labute approximate surface area is 249 Å². The first-order chi connectivity index (χ1) is 20.0. The van der Waals surface area contributed by atoms with Gasteiger partial charge in [-0.25, -0.2) is 0 Å². The van der Waals surface area contributed by atoms with Gasteiger partial charge >= 0.3 is 5.97 Å². The third-order valence-electron chi connectivity index (χ3n) is 8.58. The van der Waals surface area contributed by atoms with Gasteiger partial charge in [-0.3, -0.25) is 4.79 Å². The predicted octanol–water partition coefficient (Wildman–Crippen LogP) is 0.658. The lowest BCUT2D eigenvalue weighted by atomic mass is 9.84. The van der Waals surface area contributed by atoms with Crippen LogP contribution >= 0.6 is 0 Å². The Bertz CT molecular complexity index is 739. The Morgan fingerprint density at radius 2 is 1.17 bits per heavy atom. The standard InChI is InChI=1S/C30H56O12/c1-3-4-5-6-8-11-14-18(2)15-12-9-7-10-13-16-20(32)41-28-25(37)23(35)24(36)26(38)29(28)42-30-27(39)22(34)21(33)19(17-31)40-30/h18-19,21-31,33-39H,3-17H2,1-2H3/t18-,19+,21+,22-,23-,24+,25-,26+,27+,28-,29+,30-/m0/s1. The number of rotatable bonds is 19. The van der Waals surface area contributed by atoms with Gasteiger partial charge in [0.15, 0.2) is 12.4 Å². The smallest absolute Gasteiger partial charge is 0.306 e. The molecule has 0 bridgehead atoms. The molecule has 12 heteroatoms. The minimum atomic E-state index is -1.88. The van der Waals surface area contributed by atoms with Gasteiger partial charge in [-0.05, 0) is 12.3 Å². The maximum atomic E-state index is 12.6. The third-order valence-corrected chi connectivity index (χ3v) is 8.58. The largest absolute Gasteiger partial charge is 0.457 e. The molecule has 2 rings (SSSR count). The van der Waals surface area contributed by atoms with Crippen LogP contribution in [0.15, 0.2) is 0 Å². The second-order valence-electron chi connectivity index (χ2n) is 12.2. The van der Waals surface area contributed by atoms with E-state index in [1.807, 2.05) is 0 Å². The van der Waals surface area contributed by atoms with Crippen LogP contribution in [0.4, 0.5) is 0 Å². The summed E-state index contributed by atoms with van der Waals surface area (Å²) in [6, 6.07) is 0. The lowest BCUT2D eigenvalue weighted by molar-refractivity contribution is -0.340. The molecule has 1 aliphatic heterocycles. The van der Waals surface area contributed by atoms with Gasteiger partial charge in [0.05, 0.1) is 6.61 Å². The van der Waals surface area contributed by atoms with Crippen LogP contribution in [0.5, 0.6) is 0 Å². The Hall–Kier alpha value is -0.930. The van der Waals surface area contributed by atoms with Gasteiger partial charge in [0.25, 0.3) is 0 Å². The summed E-state index contributed by atoms with van der Waals surface area (Å²) in [5.74, 6) is 0.0141. The molecule has 0 radical (unpaired) electrons. The predicted molar refractivity (Wildman–Crippen MR) is 152 cm³/mol. The van der Waals surface area contributed by atoms with Gasteiger partial charge in [0.1, 0.15) is 54.9 Å². The molecule has 0 unspecified atom stereocenters. The van der Waals surface area contributed by atoms with E-state index in [0.29, 0.717) is 6.42 Å². The molecule has 0 amide bonds. The molecule has 1 saturated heterocycles. The summed E-state index contributed by atoms with van der Waals surface area (Å²) in [5.41, 5.74) is 0. The van der Waals surface area contributed by atoms with Gasteiger partial charge in [-0.2, -0.15) is 0 Å². The summed E-state index contributed by atoms with van der Waals surface area (Å²) in [5, 5.41) is 81.1. The maximum Gasteiger partial charge on any atom is 0.306 e. The maximum absolute atomic E-state index is 12.6. The van der Waals surface area contributed by atoms with Crippen molar-refractivity contribution in [3.05, 3.63) is 0 Å². The highest BCUT2D eigenvalue weighted by atomic mass is 16.7. The monoisotopic (exact) mass is 608 g/mol. The van der Waals surface area contributed by atoms with Gasteiger partial charge < -0.3 is 55.1 Å². The highest BCUT2D eigenvalue weighted by Gasteiger charge is 2.54. The van der Waals surface area contributed by atoms with E-state index in [-0.39, 0.29) is 6.42 Å². The van der Waals surface area contributed by atoms with Crippen LogP contribution in [0.3, 0.4) is 0 Å². The van der Waals surface area contributed by atoms with E-state index in [0.717, 1.165) is 31.6 Å². The molecular weight excluding hydrogens is 552 g/mol. The Morgan fingerprint density at radius 3 is 1.74 bits per heavy atom. The zero-order valence-corrected chi connectivity index (χ0v) is 25.2. The quantitative estimate of drug-likeness (QED) is 0.0752. The molecule has 2 fully saturated rings. The first-order valence-corrected chi connectivity index (χ1v) is 15.9. The van der Waals surface area contributed by atoms with Crippen molar-refractivity contribution >= 4 is 5.97 Å². The molecule has 1 aliphatic carbocycles. The van der Waals surface area contributed by atoms with Crippen molar-refractivity contribution < 1.29 is 59.9 Å². The second-order valence-corrected chi connectivity index (χ2v) is 12.2. The van der Waals surface area contributed by atoms with Crippen LogP contribution in [-0.2, 0) is 19.0 Å². The zero-order valence-electron chi connectivity index (χ0n) is 25.2. The minimum Gasteiger partial charge on any atom is -0.457 e. The number of unbranched alkanes of at least 4 members (excludes halogenated alkanes) is 9. The number of ether oxygens (including phenoxy) is 3. The summed E-state index contributed by atoms with van der Waals surface area (Å²) in [6.45, 7) is 3.81. The van der Waals surface area contributed by atoms with Crippen molar-refractivity contribution in [1.82, 2.24) is 0 Å². The molecule has 0 aromatic rings. The van der Waals surface area contributed by atoms with Crippen molar-refractivity contribution in [2.75, 3.05) is 6.61 Å². The fourth-order valence-electron chi connectivity index (χ4n) is 5.73. The fraction of sp³-hybridized carbons (Fsp3) is 0.967. The van der Waals surface area contributed by atoms with Crippen molar-refractivity contribution in [2.24, 2.45) is 5.92 Å². The number of aliphatic hydroxyl groups is 8. The molecule has 12 nitrogen and oxygen atoms in total. The van der Waals surface area contributed by atoms with Gasteiger partial charge in [-0.1, -0.05) is 90.9 Å². The van der Waals surface area contributed by atoms with E-state index < -0.39 is 79.9 Å². The van der Waals surface area contributed by atoms with E-state index in [1.54, 1.807) is 0 Å². The highest BCUT2D eigenvalue weighted by molar-refractivity contribution is 5.69. The lowest BCUT2D eigenvalue weighted by Gasteiger charge is -2.46. The Balaban J connectivity index is 1.77. The molecule has 2 aliphatic rings. The summed E-state index contributed by atoms with van der Waals surface area (Å²) in [6.07, 6.45) is -4.09. The third kappa shape index (κ3) is 11.2. The van der Waals surface area contributed by atoms with Crippen LogP contribution in [0.25, 0.3) is 0 Å². The van der Waals surface area contributed by atoms with Crippen molar-refractivity contribution in [2.45, 2.75) is 171 Å². The van der Waals surface area contributed by atoms with Crippen LogP contribution < -0.4 is 0 Å². The van der Waals surface area contributed by atoms with Gasteiger partial charge in [0, 0.05) is 6.42 Å². The number of aliphatic hydroxyl groups excluding tert-OH is 8. The van der Waals surface area contributed by atoms with E-state index in [9.17, 15) is 45.6 Å². The molecule has 12 atom stereocenters.